The van der Waals surface area contributed by atoms with Gasteiger partial charge in [-0.25, -0.2) is 0 Å². The van der Waals surface area contributed by atoms with E-state index in [0.717, 1.165) is 56.2 Å². The summed E-state index contributed by atoms with van der Waals surface area (Å²) in [5, 5.41) is 6.10. The van der Waals surface area contributed by atoms with Crippen molar-refractivity contribution in [2.45, 2.75) is 50.9 Å². The highest BCUT2D eigenvalue weighted by Gasteiger charge is 2.24. The fourth-order valence-corrected chi connectivity index (χ4v) is 3.91. The van der Waals surface area contributed by atoms with Gasteiger partial charge in [0.15, 0.2) is 5.96 Å². The zero-order valence-corrected chi connectivity index (χ0v) is 18.8. The first-order valence-electron chi connectivity index (χ1n) is 11.3. The molecule has 8 heteroatoms. The third-order valence-corrected chi connectivity index (χ3v) is 5.80. The lowest BCUT2D eigenvalue weighted by atomic mass is 10.1. The molecule has 8 nitrogen and oxygen atoms in total. The molecule has 2 aliphatic rings. The summed E-state index contributed by atoms with van der Waals surface area (Å²) < 4.78 is 17.0. The van der Waals surface area contributed by atoms with E-state index in [1.54, 1.807) is 14.2 Å². The number of aliphatic imine (C=N–C) groups is 1. The number of carbonyl (C=O) groups excluding carboxylic acids is 1. The highest BCUT2D eigenvalue weighted by atomic mass is 16.5. The fraction of sp³-hybridized carbons (Fsp3) is 0.652. The largest absolute Gasteiger partial charge is 0.497 e. The fourth-order valence-electron chi connectivity index (χ4n) is 3.91. The van der Waals surface area contributed by atoms with E-state index in [1.165, 1.54) is 12.8 Å². The van der Waals surface area contributed by atoms with Crippen LogP contribution in [0.1, 0.15) is 37.7 Å². The molecule has 31 heavy (non-hydrogen) atoms. The van der Waals surface area contributed by atoms with E-state index >= 15 is 0 Å². The van der Waals surface area contributed by atoms with Crippen LogP contribution in [-0.4, -0.2) is 76.0 Å². The van der Waals surface area contributed by atoms with Crippen molar-refractivity contribution in [2.75, 3.05) is 47.0 Å². The first kappa shape index (κ1) is 23.3. The van der Waals surface area contributed by atoms with Crippen LogP contribution in [0.5, 0.6) is 5.75 Å². The quantitative estimate of drug-likeness (QED) is 0.482. The van der Waals surface area contributed by atoms with Gasteiger partial charge < -0.3 is 29.7 Å². The van der Waals surface area contributed by atoms with Crippen molar-refractivity contribution in [3.63, 3.8) is 0 Å². The molecule has 1 aromatic carbocycles. The molecule has 2 aliphatic heterocycles. The Labute approximate surface area is 185 Å². The molecule has 2 N–H and O–H groups in total. The van der Waals surface area contributed by atoms with Crippen molar-refractivity contribution >= 4 is 11.9 Å². The summed E-state index contributed by atoms with van der Waals surface area (Å²) in [6, 6.07) is 7.66. The number of likely N-dealkylation sites (tertiary alicyclic amines) is 1. The van der Waals surface area contributed by atoms with Gasteiger partial charge in [-0.1, -0.05) is 12.1 Å². The van der Waals surface area contributed by atoms with Crippen molar-refractivity contribution in [1.29, 1.82) is 0 Å². The van der Waals surface area contributed by atoms with Crippen LogP contribution in [-0.2, 0) is 20.8 Å². The number of guanidine groups is 1. The average molecular weight is 433 g/mol. The van der Waals surface area contributed by atoms with Gasteiger partial charge in [0.25, 0.3) is 0 Å². The lowest BCUT2D eigenvalue weighted by Gasteiger charge is -2.35. The van der Waals surface area contributed by atoms with E-state index in [9.17, 15) is 4.79 Å². The van der Waals surface area contributed by atoms with Gasteiger partial charge in [0.2, 0.25) is 5.91 Å². The first-order chi connectivity index (χ1) is 15.2. The van der Waals surface area contributed by atoms with Crippen LogP contribution in [0.25, 0.3) is 0 Å². The lowest BCUT2D eigenvalue weighted by molar-refractivity contribution is -0.120. The number of piperidine rings is 1. The van der Waals surface area contributed by atoms with E-state index in [1.807, 2.05) is 24.3 Å². The predicted octanol–water partition coefficient (Wildman–Crippen LogP) is 1.94. The number of hydrogen-bond acceptors (Lipinski definition) is 5. The van der Waals surface area contributed by atoms with E-state index in [-0.39, 0.29) is 24.7 Å². The van der Waals surface area contributed by atoms with E-state index in [2.05, 4.69) is 20.5 Å². The van der Waals surface area contributed by atoms with Gasteiger partial charge in [-0.2, -0.15) is 0 Å². The second-order valence-corrected chi connectivity index (χ2v) is 8.03. The second kappa shape index (κ2) is 12.5. The molecule has 172 valence electrons. The molecule has 3 rings (SSSR count). The minimum Gasteiger partial charge on any atom is -0.497 e. The second-order valence-electron chi connectivity index (χ2n) is 8.03. The molecule has 0 aromatic heterocycles. The molecule has 2 fully saturated rings. The Morgan fingerprint density at radius 2 is 1.94 bits per heavy atom. The monoisotopic (exact) mass is 432 g/mol. The normalized spacial score (nSPS) is 20.4. The number of ether oxygens (including phenoxy) is 3. The summed E-state index contributed by atoms with van der Waals surface area (Å²) in [7, 11) is 3.39. The Balaban J connectivity index is 1.32. The molecular weight excluding hydrogens is 396 g/mol. The first-order valence-corrected chi connectivity index (χ1v) is 11.3. The van der Waals surface area contributed by atoms with E-state index in [4.69, 9.17) is 14.2 Å². The molecule has 0 radical (unpaired) electrons. The minimum absolute atomic E-state index is 0.0670. The molecule has 1 amide bonds. The number of nitrogens with one attached hydrogen (secondary N) is 2. The average Bonchev–Trinajstić information content (AvgIpc) is 2.83. The maximum absolute atomic E-state index is 12.2. The zero-order chi connectivity index (χ0) is 21.9. The number of hydrogen-bond donors (Lipinski definition) is 2. The summed E-state index contributed by atoms with van der Waals surface area (Å²) >= 11 is 0. The van der Waals surface area contributed by atoms with Crippen molar-refractivity contribution in [3.8, 4) is 5.75 Å². The van der Waals surface area contributed by atoms with Crippen LogP contribution >= 0.6 is 0 Å². The molecule has 2 heterocycles. The summed E-state index contributed by atoms with van der Waals surface area (Å²) in [5.74, 6) is 1.49. The molecule has 1 aromatic rings. The number of rotatable bonds is 8. The number of carbonyl (C=O) groups is 1. The van der Waals surface area contributed by atoms with Crippen LogP contribution in [0.2, 0.25) is 0 Å². The standard InChI is InChI=1S/C23H36N4O4/c1-24-23(26-16-22(28)25-15-18-6-8-19(29-2)9-7-18)27-12-10-20(11-13-27)31-17-21-5-3-4-14-30-21/h6-9,20-21H,3-5,10-17H2,1-2H3,(H,24,26)(H,25,28). The van der Waals surface area contributed by atoms with Gasteiger partial charge in [0.1, 0.15) is 5.75 Å². The van der Waals surface area contributed by atoms with E-state index in [0.29, 0.717) is 13.2 Å². The van der Waals surface area contributed by atoms with Gasteiger partial charge in [-0.3, -0.25) is 9.79 Å². The maximum atomic E-state index is 12.2. The number of amides is 1. The predicted molar refractivity (Wildman–Crippen MR) is 120 cm³/mol. The van der Waals surface area contributed by atoms with Gasteiger partial charge in [0, 0.05) is 33.3 Å². The Hall–Kier alpha value is -2.32. The van der Waals surface area contributed by atoms with Crippen LogP contribution in [0.4, 0.5) is 0 Å². The molecule has 1 unspecified atom stereocenters. The Morgan fingerprint density at radius 1 is 1.16 bits per heavy atom. The topological polar surface area (TPSA) is 84.4 Å². The van der Waals surface area contributed by atoms with Gasteiger partial charge in [0.05, 0.1) is 32.5 Å². The van der Waals surface area contributed by atoms with Gasteiger partial charge in [-0.15, -0.1) is 0 Å². The summed E-state index contributed by atoms with van der Waals surface area (Å²) in [6.45, 7) is 3.97. The molecule has 0 saturated carbocycles. The van der Waals surface area contributed by atoms with Crippen LogP contribution in [0.15, 0.2) is 29.3 Å². The third-order valence-electron chi connectivity index (χ3n) is 5.80. The van der Waals surface area contributed by atoms with Gasteiger partial charge >= 0.3 is 0 Å². The van der Waals surface area contributed by atoms with Crippen molar-refractivity contribution in [3.05, 3.63) is 29.8 Å². The third kappa shape index (κ3) is 7.70. The number of methoxy groups -OCH3 is 1. The van der Waals surface area contributed by atoms with E-state index < -0.39 is 0 Å². The van der Waals surface area contributed by atoms with Crippen LogP contribution in [0, 0.1) is 0 Å². The van der Waals surface area contributed by atoms with Crippen molar-refractivity contribution < 1.29 is 19.0 Å². The number of benzene rings is 1. The summed E-state index contributed by atoms with van der Waals surface area (Å²) in [6.07, 6.45) is 5.96. The SMILES string of the molecule is CN=C(NCC(=O)NCc1ccc(OC)cc1)N1CCC(OCC2CCCCO2)CC1. The zero-order valence-electron chi connectivity index (χ0n) is 18.8. The lowest BCUT2D eigenvalue weighted by Crippen LogP contribution is -2.49. The Bertz CT molecular complexity index is 696. The molecule has 1 atom stereocenters. The van der Waals surface area contributed by atoms with Crippen LogP contribution in [0.3, 0.4) is 0 Å². The summed E-state index contributed by atoms with van der Waals surface area (Å²) in [5.41, 5.74) is 1.03. The highest BCUT2D eigenvalue weighted by Crippen LogP contribution is 2.18. The van der Waals surface area contributed by atoms with Crippen LogP contribution < -0.4 is 15.4 Å². The van der Waals surface area contributed by atoms with Crippen molar-refractivity contribution in [1.82, 2.24) is 15.5 Å². The Morgan fingerprint density at radius 3 is 2.58 bits per heavy atom. The summed E-state index contributed by atoms with van der Waals surface area (Å²) in [4.78, 5) is 18.8. The minimum atomic E-state index is -0.0670. The Kier molecular flexibility index (Phi) is 9.42. The molecule has 0 bridgehead atoms. The molecular formula is C23H36N4O4. The number of nitrogens with zero attached hydrogens (tertiary/aromatic N) is 2. The van der Waals surface area contributed by atoms with Crippen molar-refractivity contribution in [2.24, 2.45) is 4.99 Å². The smallest absolute Gasteiger partial charge is 0.239 e. The molecule has 2 saturated heterocycles. The van der Waals surface area contributed by atoms with Gasteiger partial charge in [-0.05, 0) is 49.8 Å². The highest BCUT2D eigenvalue weighted by molar-refractivity contribution is 5.86. The molecule has 0 aliphatic carbocycles. The molecule has 0 spiro atoms. The maximum Gasteiger partial charge on any atom is 0.239 e.